The number of rotatable bonds is 8. The molecule has 4 N–H and O–H groups in total. The van der Waals surface area contributed by atoms with Gasteiger partial charge in [0.2, 0.25) is 5.91 Å². The second-order valence-electron chi connectivity index (χ2n) is 7.37. The molecule has 33 heavy (non-hydrogen) atoms. The van der Waals surface area contributed by atoms with Gasteiger partial charge in [0.15, 0.2) is 6.61 Å². The van der Waals surface area contributed by atoms with Crippen LogP contribution in [0.15, 0.2) is 42.5 Å². The van der Waals surface area contributed by atoms with Crippen LogP contribution in [0.2, 0.25) is 0 Å². The number of amides is 3. The topological polar surface area (TPSA) is 120 Å². The average Bonchev–Trinajstić information content (AvgIpc) is 3.28. The van der Waals surface area contributed by atoms with Crippen molar-refractivity contribution in [2.24, 2.45) is 5.73 Å². The molecule has 1 heterocycles. The first-order valence-electron chi connectivity index (χ1n) is 10.1. The third kappa shape index (κ3) is 6.94. The summed E-state index contributed by atoms with van der Waals surface area (Å²) in [7, 11) is 0. The van der Waals surface area contributed by atoms with Crippen LogP contribution >= 0.6 is 0 Å². The van der Waals surface area contributed by atoms with Crippen molar-refractivity contribution in [3.63, 3.8) is 0 Å². The van der Waals surface area contributed by atoms with Gasteiger partial charge in [-0.1, -0.05) is 12.1 Å². The van der Waals surface area contributed by atoms with Crippen molar-refractivity contribution in [2.45, 2.75) is 31.5 Å². The van der Waals surface area contributed by atoms with Gasteiger partial charge < -0.3 is 25.8 Å². The zero-order valence-corrected chi connectivity index (χ0v) is 17.4. The zero-order valence-electron chi connectivity index (χ0n) is 17.4. The van der Waals surface area contributed by atoms with Gasteiger partial charge >= 0.3 is 6.18 Å². The minimum Gasteiger partial charge on any atom is -0.484 e. The first kappa shape index (κ1) is 24.1. The van der Waals surface area contributed by atoms with E-state index < -0.39 is 47.9 Å². The number of nitrogens with two attached hydrogens (primary N) is 1. The number of hydrogen-bond donors (Lipinski definition) is 3. The van der Waals surface area contributed by atoms with Gasteiger partial charge in [0.1, 0.15) is 11.9 Å². The van der Waals surface area contributed by atoms with Crippen molar-refractivity contribution < 1.29 is 37.0 Å². The normalized spacial score (nSPS) is 15.7. The highest BCUT2D eigenvalue weighted by atomic mass is 19.4. The molecule has 1 saturated heterocycles. The van der Waals surface area contributed by atoms with Gasteiger partial charge in [0.05, 0.1) is 17.7 Å². The van der Waals surface area contributed by atoms with E-state index in [-0.39, 0.29) is 12.1 Å². The smallest absolute Gasteiger partial charge is 0.418 e. The predicted octanol–water partition coefficient (Wildman–Crippen LogP) is 2.87. The van der Waals surface area contributed by atoms with E-state index in [1.54, 1.807) is 12.1 Å². The van der Waals surface area contributed by atoms with Gasteiger partial charge in [-0.05, 0) is 48.7 Å². The number of primary amides is 1. The highest BCUT2D eigenvalue weighted by Crippen LogP contribution is 2.36. The fourth-order valence-electron chi connectivity index (χ4n) is 3.21. The van der Waals surface area contributed by atoms with E-state index in [2.05, 4.69) is 10.6 Å². The van der Waals surface area contributed by atoms with E-state index in [0.717, 1.165) is 12.1 Å². The summed E-state index contributed by atoms with van der Waals surface area (Å²) in [5.41, 5.74) is 4.12. The molecule has 1 atom stereocenters. The molecule has 0 aromatic heterocycles. The molecule has 1 aliphatic rings. The Morgan fingerprint density at radius 3 is 2.42 bits per heavy atom. The second-order valence-corrected chi connectivity index (χ2v) is 7.37. The van der Waals surface area contributed by atoms with Crippen molar-refractivity contribution in [3.8, 4) is 5.75 Å². The van der Waals surface area contributed by atoms with Gasteiger partial charge in [0, 0.05) is 12.3 Å². The lowest BCUT2D eigenvalue weighted by Crippen LogP contribution is -2.27. The summed E-state index contributed by atoms with van der Waals surface area (Å²) in [4.78, 5) is 35.2. The molecule has 2 aromatic rings. The minimum atomic E-state index is -4.77. The Hall–Kier alpha value is -3.60. The van der Waals surface area contributed by atoms with Gasteiger partial charge in [-0.3, -0.25) is 14.4 Å². The summed E-state index contributed by atoms with van der Waals surface area (Å²) in [6, 6.07) is 9.27. The summed E-state index contributed by atoms with van der Waals surface area (Å²) in [6.07, 6.45) is -4.22. The highest BCUT2D eigenvalue weighted by Gasteiger charge is 2.35. The molecule has 3 amide bonds. The summed E-state index contributed by atoms with van der Waals surface area (Å²) in [5, 5.41) is 4.59. The minimum absolute atomic E-state index is 0.0467. The van der Waals surface area contributed by atoms with Crippen molar-refractivity contribution >= 4 is 29.1 Å². The number of carbonyl (C=O) groups excluding carboxylic acids is 3. The Bertz CT molecular complexity index is 1020. The Labute approximate surface area is 187 Å². The average molecular weight is 465 g/mol. The molecule has 0 aliphatic carbocycles. The van der Waals surface area contributed by atoms with Crippen LogP contribution < -0.4 is 21.1 Å². The molecule has 0 bridgehead atoms. The lowest BCUT2D eigenvalue weighted by atomic mass is 10.1. The van der Waals surface area contributed by atoms with Crippen LogP contribution in [-0.2, 0) is 31.7 Å². The summed E-state index contributed by atoms with van der Waals surface area (Å²) in [5.74, 6) is -1.53. The van der Waals surface area contributed by atoms with Crippen molar-refractivity contribution in [3.05, 3.63) is 53.6 Å². The molecule has 1 fully saturated rings. The van der Waals surface area contributed by atoms with Crippen molar-refractivity contribution in [1.82, 2.24) is 0 Å². The van der Waals surface area contributed by atoms with Crippen LogP contribution in [0.5, 0.6) is 5.75 Å². The van der Waals surface area contributed by atoms with E-state index in [9.17, 15) is 27.6 Å². The van der Waals surface area contributed by atoms with Gasteiger partial charge in [-0.2, -0.15) is 13.2 Å². The molecule has 0 saturated carbocycles. The molecule has 0 spiro atoms. The van der Waals surface area contributed by atoms with E-state index >= 15 is 0 Å². The number of anilines is 2. The molecule has 1 unspecified atom stereocenters. The maximum Gasteiger partial charge on any atom is 0.418 e. The Kier molecular flexibility index (Phi) is 7.54. The fraction of sp³-hybridized carbons (Fsp3) is 0.318. The van der Waals surface area contributed by atoms with E-state index in [0.29, 0.717) is 30.8 Å². The van der Waals surface area contributed by atoms with Crippen LogP contribution in [-0.4, -0.2) is 37.0 Å². The number of ether oxygens (including phenoxy) is 2. The third-order valence-corrected chi connectivity index (χ3v) is 4.76. The fourth-order valence-corrected chi connectivity index (χ4v) is 3.21. The predicted molar refractivity (Wildman–Crippen MR) is 113 cm³/mol. The molecule has 0 radical (unpaired) electrons. The summed E-state index contributed by atoms with van der Waals surface area (Å²) in [6.45, 7) is -0.111. The Morgan fingerprint density at radius 2 is 1.82 bits per heavy atom. The standard InChI is InChI=1S/C22H22F3N3O5/c23-22(24,25)16-11-14(27-21(31)18-2-1-9-32-18)5-8-17(16)28-20(30)12-33-15-6-3-13(4-7-15)10-19(26)29/h3-8,11,18H,1-2,9-10,12H2,(H2,26,29)(H,27,31)(H,28,30). The van der Waals surface area contributed by atoms with Gasteiger partial charge in [0.25, 0.3) is 11.8 Å². The van der Waals surface area contributed by atoms with Crippen LogP contribution in [0.4, 0.5) is 24.5 Å². The number of carbonyl (C=O) groups is 3. The molecule has 1 aliphatic heterocycles. The zero-order chi connectivity index (χ0) is 24.0. The molecule has 11 heteroatoms. The molecular formula is C22H22F3N3O5. The molecule has 3 rings (SSSR count). The Morgan fingerprint density at radius 1 is 1.09 bits per heavy atom. The number of halogens is 3. The van der Waals surface area contributed by atoms with Crippen LogP contribution in [0.1, 0.15) is 24.0 Å². The molecule has 8 nitrogen and oxygen atoms in total. The quantitative estimate of drug-likeness (QED) is 0.554. The van der Waals surface area contributed by atoms with Crippen LogP contribution in [0.25, 0.3) is 0 Å². The van der Waals surface area contributed by atoms with Crippen LogP contribution in [0, 0.1) is 0 Å². The van der Waals surface area contributed by atoms with E-state index in [1.165, 1.54) is 18.2 Å². The monoisotopic (exact) mass is 465 g/mol. The Balaban J connectivity index is 1.63. The second kappa shape index (κ2) is 10.3. The first-order chi connectivity index (χ1) is 15.6. The SMILES string of the molecule is NC(=O)Cc1ccc(OCC(=O)Nc2ccc(NC(=O)C3CCCO3)cc2C(F)(F)F)cc1. The van der Waals surface area contributed by atoms with E-state index in [1.807, 2.05) is 0 Å². The molecule has 2 aromatic carbocycles. The lowest BCUT2D eigenvalue weighted by molar-refractivity contribution is -0.137. The maximum atomic E-state index is 13.5. The van der Waals surface area contributed by atoms with Crippen molar-refractivity contribution in [1.29, 1.82) is 0 Å². The molecular weight excluding hydrogens is 443 g/mol. The lowest BCUT2D eigenvalue weighted by Gasteiger charge is -2.17. The summed E-state index contributed by atoms with van der Waals surface area (Å²) >= 11 is 0. The maximum absolute atomic E-state index is 13.5. The number of alkyl halides is 3. The summed E-state index contributed by atoms with van der Waals surface area (Å²) < 4.78 is 51.1. The van der Waals surface area contributed by atoms with Gasteiger partial charge in [-0.15, -0.1) is 0 Å². The number of benzene rings is 2. The largest absolute Gasteiger partial charge is 0.484 e. The first-order valence-corrected chi connectivity index (χ1v) is 10.1. The number of nitrogens with one attached hydrogen (secondary N) is 2. The highest BCUT2D eigenvalue weighted by molar-refractivity contribution is 5.96. The number of hydrogen-bond acceptors (Lipinski definition) is 5. The molecule has 176 valence electrons. The van der Waals surface area contributed by atoms with Crippen LogP contribution in [0.3, 0.4) is 0 Å². The van der Waals surface area contributed by atoms with E-state index in [4.69, 9.17) is 15.2 Å². The van der Waals surface area contributed by atoms with Gasteiger partial charge in [-0.25, -0.2) is 0 Å². The van der Waals surface area contributed by atoms with Crippen molar-refractivity contribution in [2.75, 3.05) is 23.8 Å². The third-order valence-electron chi connectivity index (χ3n) is 4.76.